The van der Waals surface area contributed by atoms with Gasteiger partial charge in [0, 0.05) is 0 Å². The summed E-state index contributed by atoms with van der Waals surface area (Å²) >= 11 is 5.90. The lowest BCUT2D eigenvalue weighted by Gasteiger charge is -2.02. The standard InChI is InChI=1S/C13H10ClN3O/c14-11-8-4-5-9-12(11)15-13(18)17-16-10-6-2-1-3-7-10/h1-9H,(H,15,18). The number of amides is 2. The average Bonchev–Trinajstić information content (AvgIpc) is 2.40. The van der Waals surface area contributed by atoms with E-state index in [2.05, 4.69) is 15.5 Å². The van der Waals surface area contributed by atoms with Gasteiger partial charge in [0.2, 0.25) is 0 Å². The molecule has 0 aliphatic rings. The van der Waals surface area contributed by atoms with Gasteiger partial charge in [0.1, 0.15) is 0 Å². The fourth-order valence-corrected chi connectivity index (χ4v) is 1.48. The molecular formula is C13H10ClN3O. The number of hydrogen-bond acceptors (Lipinski definition) is 2. The van der Waals surface area contributed by atoms with E-state index in [-0.39, 0.29) is 0 Å². The van der Waals surface area contributed by atoms with Gasteiger partial charge in [-0.3, -0.25) is 0 Å². The number of carbonyl (C=O) groups is 1. The molecule has 5 heteroatoms. The molecule has 0 fully saturated rings. The smallest absolute Gasteiger partial charge is 0.303 e. The molecule has 2 rings (SSSR count). The molecule has 0 aromatic heterocycles. The SMILES string of the molecule is O=C(N=Nc1ccccc1)Nc1ccccc1Cl. The van der Waals surface area contributed by atoms with E-state index in [1.807, 2.05) is 18.2 Å². The van der Waals surface area contributed by atoms with Crippen molar-refractivity contribution in [1.29, 1.82) is 0 Å². The summed E-state index contributed by atoms with van der Waals surface area (Å²) < 4.78 is 0. The molecule has 0 spiro atoms. The van der Waals surface area contributed by atoms with Gasteiger partial charge in [0.15, 0.2) is 0 Å². The van der Waals surface area contributed by atoms with E-state index in [4.69, 9.17) is 11.6 Å². The van der Waals surface area contributed by atoms with Crippen LogP contribution in [-0.4, -0.2) is 6.03 Å². The summed E-state index contributed by atoms with van der Waals surface area (Å²) in [7, 11) is 0. The van der Waals surface area contributed by atoms with Crippen LogP contribution in [-0.2, 0) is 0 Å². The second-order valence-corrected chi connectivity index (χ2v) is 3.85. The van der Waals surface area contributed by atoms with Gasteiger partial charge in [-0.25, -0.2) is 4.79 Å². The maximum atomic E-state index is 11.5. The average molecular weight is 260 g/mol. The van der Waals surface area contributed by atoms with Crippen LogP contribution in [0.25, 0.3) is 0 Å². The number of halogens is 1. The number of carbonyl (C=O) groups excluding carboxylic acids is 1. The summed E-state index contributed by atoms with van der Waals surface area (Å²) in [5.74, 6) is 0. The fourth-order valence-electron chi connectivity index (χ4n) is 1.30. The zero-order valence-corrected chi connectivity index (χ0v) is 10.1. The van der Waals surface area contributed by atoms with Crippen LogP contribution < -0.4 is 5.32 Å². The van der Waals surface area contributed by atoms with E-state index >= 15 is 0 Å². The van der Waals surface area contributed by atoms with Crippen molar-refractivity contribution in [3.63, 3.8) is 0 Å². The highest BCUT2D eigenvalue weighted by molar-refractivity contribution is 6.33. The molecule has 0 atom stereocenters. The first-order chi connectivity index (χ1) is 8.75. The third-order valence-corrected chi connectivity index (χ3v) is 2.46. The van der Waals surface area contributed by atoms with Crippen LogP contribution in [0.2, 0.25) is 5.02 Å². The molecule has 0 bridgehead atoms. The molecule has 18 heavy (non-hydrogen) atoms. The topological polar surface area (TPSA) is 53.8 Å². The predicted molar refractivity (Wildman–Crippen MR) is 71.4 cm³/mol. The normalized spacial score (nSPS) is 10.5. The van der Waals surface area contributed by atoms with Crippen molar-refractivity contribution in [2.75, 3.05) is 5.32 Å². The molecule has 0 unspecified atom stereocenters. The molecule has 2 aromatic rings. The molecule has 4 nitrogen and oxygen atoms in total. The van der Waals surface area contributed by atoms with Crippen molar-refractivity contribution in [3.05, 3.63) is 59.6 Å². The lowest BCUT2D eigenvalue weighted by molar-refractivity contribution is 0.258. The summed E-state index contributed by atoms with van der Waals surface area (Å²) in [6, 6.07) is 15.4. The second-order valence-electron chi connectivity index (χ2n) is 3.45. The molecule has 2 amide bonds. The van der Waals surface area contributed by atoms with Crippen molar-refractivity contribution in [3.8, 4) is 0 Å². The number of anilines is 1. The van der Waals surface area contributed by atoms with Gasteiger partial charge in [0.25, 0.3) is 0 Å². The van der Waals surface area contributed by atoms with Crippen LogP contribution >= 0.6 is 11.6 Å². The summed E-state index contributed by atoms with van der Waals surface area (Å²) in [6.07, 6.45) is 0. The Morgan fingerprint density at radius 1 is 1.00 bits per heavy atom. The Kier molecular flexibility index (Phi) is 4.04. The minimum atomic E-state index is -0.563. The molecule has 1 N–H and O–H groups in total. The third kappa shape index (κ3) is 3.40. The number of benzene rings is 2. The highest BCUT2D eigenvalue weighted by Crippen LogP contribution is 2.20. The van der Waals surface area contributed by atoms with E-state index in [0.29, 0.717) is 16.4 Å². The highest BCUT2D eigenvalue weighted by Gasteiger charge is 2.03. The Labute approximate surface area is 109 Å². The lowest BCUT2D eigenvalue weighted by Crippen LogP contribution is -2.05. The van der Waals surface area contributed by atoms with Gasteiger partial charge in [-0.05, 0) is 24.3 Å². The van der Waals surface area contributed by atoms with Gasteiger partial charge < -0.3 is 5.32 Å². The molecule has 0 aliphatic carbocycles. The Morgan fingerprint density at radius 2 is 1.67 bits per heavy atom. The zero-order valence-electron chi connectivity index (χ0n) is 9.38. The first-order valence-electron chi connectivity index (χ1n) is 5.28. The van der Waals surface area contributed by atoms with E-state index in [1.54, 1.807) is 36.4 Å². The number of azo groups is 1. The highest BCUT2D eigenvalue weighted by atomic mass is 35.5. The zero-order chi connectivity index (χ0) is 12.8. The summed E-state index contributed by atoms with van der Waals surface area (Å²) in [4.78, 5) is 11.5. The van der Waals surface area contributed by atoms with Crippen LogP contribution in [0.3, 0.4) is 0 Å². The quantitative estimate of drug-likeness (QED) is 0.784. The molecule has 0 saturated heterocycles. The number of nitrogens with zero attached hydrogens (tertiary/aromatic N) is 2. The number of rotatable bonds is 2. The van der Waals surface area contributed by atoms with Crippen LogP contribution in [0.1, 0.15) is 0 Å². The fraction of sp³-hybridized carbons (Fsp3) is 0. The minimum absolute atomic E-state index is 0.459. The van der Waals surface area contributed by atoms with Gasteiger partial charge >= 0.3 is 6.03 Å². The molecule has 0 radical (unpaired) electrons. The first kappa shape index (κ1) is 12.3. The lowest BCUT2D eigenvalue weighted by atomic mass is 10.3. The maximum absolute atomic E-state index is 11.5. The molecular weight excluding hydrogens is 250 g/mol. The molecule has 2 aromatic carbocycles. The second kappa shape index (κ2) is 5.93. The summed E-state index contributed by atoms with van der Waals surface area (Å²) in [6.45, 7) is 0. The Balaban J connectivity index is 2.02. The van der Waals surface area contributed by atoms with Gasteiger partial charge in [-0.2, -0.15) is 0 Å². The van der Waals surface area contributed by atoms with E-state index < -0.39 is 6.03 Å². The number of hydrogen-bond donors (Lipinski definition) is 1. The van der Waals surface area contributed by atoms with Gasteiger partial charge in [0.05, 0.1) is 16.4 Å². The number of nitrogens with one attached hydrogen (secondary N) is 1. The van der Waals surface area contributed by atoms with Crippen molar-refractivity contribution >= 4 is 29.0 Å². The van der Waals surface area contributed by atoms with Crippen molar-refractivity contribution in [2.24, 2.45) is 10.2 Å². The van der Waals surface area contributed by atoms with E-state index in [9.17, 15) is 4.79 Å². The Hall–Kier alpha value is -2.20. The molecule has 0 saturated carbocycles. The third-order valence-electron chi connectivity index (χ3n) is 2.13. The van der Waals surface area contributed by atoms with Crippen molar-refractivity contribution in [1.82, 2.24) is 0 Å². The molecule has 90 valence electrons. The Morgan fingerprint density at radius 3 is 2.39 bits per heavy atom. The van der Waals surface area contributed by atoms with E-state index in [1.165, 1.54) is 0 Å². The van der Waals surface area contributed by atoms with Crippen molar-refractivity contribution in [2.45, 2.75) is 0 Å². The minimum Gasteiger partial charge on any atom is -0.303 e. The van der Waals surface area contributed by atoms with E-state index in [0.717, 1.165) is 0 Å². The summed E-state index contributed by atoms with van der Waals surface area (Å²) in [5.41, 5.74) is 1.13. The van der Waals surface area contributed by atoms with Gasteiger partial charge in [-0.15, -0.1) is 5.11 Å². The Bertz CT molecular complexity index is 569. The number of para-hydroxylation sites is 1. The number of urea groups is 1. The van der Waals surface area contributed by atoms with Gasteiger partial charge in [-0.1, -0.05) is 47.0 Å². The van der Waals surface area contributed by atoms with Crippen LogP contribution in [0.15, 0.2) is 64.8 Å². The van der Waals surface area contributed by atoms with Crippen LogP contribution in [0.5, 0.6) is 0 Å². The molecule has 0 heterocycles. The first-order valence-corrected chi connectivity index (χ1v) is 5.66. The van der Waals surface area contributed by atoms with Crippen LogP contribution in [0.4, 0.5) is 16.2 Å². The maximum Gasteiger partial charge on any atom is 0.364 e. The molecule has 0 aliphatic heterocycles. The predicted octanol–water partition coefficient (Wildman–Crippen LogP) is 4.66. The van der Waals surface area contributed by atoms with Crippen LogP contribution in [0, 0.1) is 0 Å². The monoisotopic (exact) mass is 259 g/mol. The largest absolute Gasteiger partial charge is 0.364 e. The summed E-state index contributed by atoms with van der Waals surface area (Å²) in [5, 5.41) is 10.4. The van der Waals surface area contributed by atoms with Crippen molar-refractivity contribution < 1.29 is 4.79 Å².